The second-order valence-corrected chi connectivity index (χ2v) is 5.07. The molecular formula is C9H7BrClNS. The number of benzene rings is 1. The van der Waals surface area contributed by atoms with Crippen molar-refractivity contribution in [2.45, 2.75) is 13.3 Å². The van der Waals surface area contributed by atoms with E-state index in [9.17, 15) is 0 Å². The van der Waals surface area contributed by atoms with Gasteiger partial charge in [0, 0.05) is 4.47 Å². The van der Waals surface area contributed by atoms with Gasteiger partial charge in [-0.1, -0.05) is 18.5 Å². The first-order valence-electron chi connectivity index (χ1n) is 3.95. The Kier molecular flexibility index (Phi) is 2.58. The van der Waals surface area contributed by atoms with E-state index in [1.165, 1.54) is 0 Å². The van der Waals surface area contributed by atoms with Crippen molar-refractivity contribution in [2.24, 2.45) is 0 Å². The molecule has 0 radical (unpaired) electrons. The molecule has 1 aromatic heterocycles. The number of fused-ring (bicyclic) bond motifs is 1. The molecule has 0 amide bonds. The van der Waals surface area contributed by atoms with Crippen molar-refractivity contribution >= 4 is 49.1 Å². The van der Waals surface area contributed by atoms with Crippen LogP contribution in [-0.4, -0.2) is 4.98 Å². The molecule has 0 N–H and O–H groups in total. The van der Waals surface area contributed by atoms with Crippen molar-refractivity contribution in [1.82, 2.24) is 4.98 Å². The number of aromatic nitrogens is 1. The van der Waals surface area contributed by atoms with Crippen LogP contribution in [0.25, 0.3) is 10.2 Å². The molecule has 4 heteroatoms. The molecule has 2 aromatic rings. The minimum Gasteiger partial charge on any atom is -0.241 e. The molecule has 1 heterocycles. The molecule has 0 fully saturated rings. The van der Waals surface area contributed by atoms with Gasteiger partial charge in [0.15, 0.2) is 0 Å². The summed E-state index contributed by atoms with van der Waals surface area (Å²) in [5.41, 5.74) is 1.03. The van der Waals surface area contributed by atoms with E-state index in [4.69, 9.17) is 11.6 Å². The first-order chi connectivity index (χ1) is 6.20. The van der Waals surface area contributed by atoms with Crippen LogP contribution in [0.1, 0.15) is 11.9 Å². The van der Waals surface area contributed by atoms with Crippen LogP contribution in [0, 0.1) is 0 Å². The molecule has 1 nitrogen and oxygen atoms in total. The van der Waals surface area contributed by atoms with Crippen LogP contribution >= 0.6 is 38.9 Å². The lowest BCUT2D eigenvalue weighted by Crippen LogP contribution is -1.74. The second kappa shape index (κ2) is 3.56. The first-order valence-corrected chi connectivity index (χ1v) is 5.94. The van der Waals surface area contributed by atoms with Crippen LogP contribution < -0.4 is 0 Å². The maximum Gasteiger partial charge on any atom is 0.0935 e. The quantitative estimate of drug-likeness (QED) is 0.758. The number of hydrogen-bond donors (Lipinski definition) is 0. The fourth-order valence-corrected chi connectivity index (χ4v) is 2.61. The summed E-state index contributed by atoms with van der Waals surface area (Å²) in [6.07, 6.45) is 0.981. The zero-order chi connectivity index (χ0) is 9.42. The maximum absolute atomic E-state index is 5.97. The topological polar surface area (TPSA) is 12.9 Å². The van der Waals surface area contributed by atoms with Crippen molar-refractivity contribution in [3.63, 3.8) is 0 Å². The number of hydrogen-bond acceptors (Lipinski definition) is 2. The molecule has 2 rings (SSSR count). The van der Waals surface area contributed by atoms with E-state index in [0.29, 0.717) is 0 Å². The third-order valence-electron chi connectivity index (χ3n) is 1.78. The fourth-order valence-electron chi connectivity index (χ4n) is 1.12. The van der Waals surface area contributed by atoms with Crippen molar-refractivity contribution in [1.29, 1.82) is 0 Å². The summed E-state index contributed by atoms with van der Waals surface area (Å²) in [5.74, 6) is 0. The summed E-state index contributed by atoms with van der Waals surface area (Å²) in [6.45, 7) is 2.11. The van der Waals surface area contributed by atoms with Gasteiger partial charge in [-0.2, -0.15) is 0 Å². The highest BCUT2D eigenvalue weighted by Gasteiger charge is 2.05. The Morgan fingerprint density at radius 1 is 1.54 bits per heavy atom. The van der Waals surface area contributed by atoms with Crippen LogP contribution in [0.2, 0.25) is 5.02 Å². The van der Waals surface area contributed by atoms with Crippen molar-refractivity contribution in [2.75, 3.05) is 0 Å². The molecule has 0 unspecified atom stereocenters. The standard InChI is InChI=1S/C9H7BrClNS/c1-2-9-12-7-3-5(10)6(11)4-8(7)13-9/h3-4H,2H2,1H3. The van der Waals surface area contributed by atoms with E-state index in [1.807, 2.05) is 12.1 Å². The third-order valence-corrected chi connectivity index (χ3v) is 4.14. The molecule has 13 heavy (non-hydrogen) atoms. The zero-order valence-electron chi connectivity index (χ0n) is 6.97. The van der Waals surface area contributed by atoms with Crippen molar-refractivity contribution in [3.8, 4) is 0 Å². The molecule has 0 spiro atoms. The molecule has 0 atom stereocenters. The zero-order valence-corrected chi connectivity index (χ0v) is 10.1. The Morgan fingerprint density at radius 2 is 2.31 bits per heavy atom. The average Bonchev–Trinajstić information content (AvgIpc) is 2.48. The molecule has 0 saturated carbocycles. The summed E-state index contributed by atoms with van der Waals surface area (Å²) < 4.78 is 2.07. The monoisotopic (exact) mass is 275 g/mol. The minimum absolute atomic E-state index is 0.749. The Morgan fingerprint density at radius 3 is 3.00 bits per heavy atom. The van der Waals surface area contributed by atoms with Crippen LogP contribution in [0.4, 0.5) is 0 Å². The van der Waals surface area contributed by atoms with E-state index < -0.39 is 0 Å². The molecule has 0 aliphatic carbocycles. The van der Waals surface area contributed by atoms with Crippen molar-refractivity contribution in [3.05, 3.63) is 26.6 Å². The van der Waals surface area contributed by atoms with Crippen LogP contribution in [0.3, 0.4) is 0 Å². The van der Waals surface area contributed by atoms with E-state index in [1.54, 1.807) is 11.3 Å². The lowest BCUT2D eigenvalue weighted by atomic mass is 10.3. The van der Waals surface area contributed by atoms with E-state index in [2.05, 4.69) is 27.8 Å². The van der Waals surface area contributed by atoms with E-state index in [-0.39, 0.29) is 0 Å². The molecular weight excluding hydrogens is 270 g/mol. The number of thiazole rings is 1. The number of rotatable bonds is 1. The van der Waals surface area contributed by atoms with Gasteiger partial charge < -0.3 is 0 Å². The van der Waals surface area contributed by atoms with Gasteiger partial charge in [0.25, 0.3) is 0 Å². The maximum atomic E-state index is 5.97. The smallest absolute Gasteiger partial charge is 0.0935 e. The highest BCUT2D eigenvalue weighted by Crippen LogP contribution is 2.31. The van der Waals surface area contributed by atoms with Gasteiger partial charge in [-0.15, -0.1) is 11.3 Å². The Hall–Kier alpha value is -0.120. The highest BCUT2D eigenvalue weighted by molar-refractivity contribution is 9.10. The molecule has 0 aliphatic heterocycles. The first kappa shape index (κ1) is 9.44. The van der Waals surface area contributed by atoms with Gasteiger partial charge in [0.1, 0.15) is 0 Å². The molecule has 0 aliphatic rings. The van der Waals surface area contributed by atoms with Crippen LogP contribution in [0.5, 0.6) is 0 Å². The predicted octanol–water partition coefficient (Wildman–Crippen LogP) is 4.27. The summed E-state index contributed by atoms with van der Waals surface area (Å²) in [7, 11) is 0. The number of halogens is 2. The molecule has 68 valence electrons. The summed E-state index contributed by atoms with van der Waals surface area (Å²) >= 11 is 11.1. The van der Waals surface area contributed by atoms with Crippen LogP contribution in [-0.2, 0) is 6.42 Å². The van der Waals surface area contributed by atoms with E-state index in [0.717, 1.165) is 31.1 Å². The molecule has 0 saturated heterocycles. The number of nitrogens with zero attached hydrogens (tertiary/aromatic N) is 1. The van der Waals surface area contributed by atoms with Crippen LogP contribution in [0.15, 0.2) is 16.6 Å². The van der Waals surface area contributed by atoms with Gasteiger partial charge in [0.05, 0.1) is 20.2 Å². The van der Waals surface area contributed by atoms with Crippen molar-refractivity contribution < 1.29 is 0 Å². The third kappa shape index (κ3) is 1.73. The Labute approximate surface area is 93.9 Å². The van der Waals surface area contributed by atoms with Gasteiger partial charge in [0.2, 0.25) is 0 Å². The summed E-state index contributed by atoms with van der Waals surface area (Å²) in [6, 6.07) is 3.92. The Bertz CT molecular complexity index is 413. The number of aryl methyl sites for hydroxylation is 1. The van der Waals surface area contributed by atoms with Gasteiger partial charge >= 0.3 is 0 Å². The average molecular weight is 277 g/mol. The van der Waals surface area contributed by atoms with Gasteiger partial charge in [-0.3, -0.25) is 0 Å². The largest absolute Gasteiger partial charge is 0.241 e. The summed E-state index contributed by atoms with van der Waals surface area (Å²) in [5, 5.41) is 1.91. The lowest BCUT2D eigenvalue weighted by Gasteiger charge is -1.93. The molecule has 1 aromatic carbocycles. The fraction of sp³-hybridized carbons (Fsp3) is 0.222. The minimum atomic E-state index is 0.749. The Balaban J connectivity index is 2.70. The SMILES string of the molecule is CCc1nc2cc(Br)c(Cl)cc2s1. The highest BCUT2D eigenvalue weighted by atomic mass is 79.9. The lowest BCUT2D eigenvalue weighted by molar-refractivity contribution is 1.11. The van der Waals surface area contributed by atoms with Gasteiger partial charge in [-0.05, 0) is 34.5 Å². The van der Waals surface area contributed by atoms with Gasteiger partial charge in [-0.25, -0.2) is 4.98 Å². The second-order valence-electron chi connectivity index (χ2n) is 2.70. The van der Waals surface area contributed by atoms with E-state index >= 15 is 0 Å². The normalized spacial score (nSPS) is 11.0. The predicted molar refractivity (Wildman–Crippen MR) is 61.7 cm³/mol. The summed E-state index contributed by atoms with van der Waals surface area (Å²) in [4.78, 5) is 4.46. The molecule has 0 bridgehead atoms.